The molecule has 1 atom stereocenters. The van der Waals surface area contributed by atoms with Crippen molar-refractivity contribution in [3.8, 4) is 0 Å². The maximum atomic E-state index is 3.85. The van der Waals surface area contributed by atoms with E-state index in [1.54, 1.807) is 6.20 Å². The molecule has 0 saturated heterocycles. The number of nitrogens with zero attached hydrogens (tertiary/aromatic N) is 1. The molecule has 0 aliphatic heterocycles. The fourth-order valence-electron chi connectivity index (χ4n) is 1.05. The Bertz CT molecular complexity index is 216. The van der Waals surface area contributed by atoms with Crippen LogP contribution in [0.4, 0.5) is 5.69 Å². The SMILES string of the molecule is C=CCCC(C)Nc1cn[nH]c1. The molecule has 1 rings (SSSR count). The van der Waals surface area contributed by atoms with Gasteiger partial charge in [-0.2, -0.15) is 5.10 Å². The number of nitrogens with one attached hydrogen (secondary N) is 2. The van der Waals surface area contributed by atoms with Gasteiger partial charge >= 0.3 is 0 Å². The van der Waals surface area contributed by atoms with Crippen LogP contribution in [0.3, 0.4) is 0 Å². The fourth-order valence-corrected chi connectivity index (χ4v) is 1.05. The lowest BCUT2D eigenvalue weighted by molar-refractivity contribution is 0.719. The summed E-state index contributed by atoms with van der Waals surface area (Å²) in [5.74, 6) is 0. The minimum atomic E-state index is 0.473. The Morgan fingerprint density at radius 1 is 1.83 bits per heavy atom. The van der Waals surface area contributed by atoms with Crippen LogP contribution < -0.4 is 5.32 Å². The van der Waals surface area contributed by atoms with E-state index in [0.29, 0.717) is 6.04 Å². The molecular weight excluding hydrogens is 150 g/mol. The highest BCUT2D eigenvalue weighted by Gasteiger charge is 2.00. The molecule has 0 amide bonds. The normalized spacial score (nSPS) is 12.4. The van der Waals surface area contributed by atoms with Crippen molar-refractivity contribution in [3.05, 3.63) is 25.0 Å². The van der Waals surface area contributed by atoms with Crippen LogP contribution in [0.1, 0.15) is 19.8 Å². The quantitative estimate of drug-likeness (QED) is 0.656. The lowest BCUT2D eigenvalue weighted by Crippen LogP contribution is -2.13. The summed E-state index contributed by atoms with van der Waals surface area (Å²) in [7, 11) is 0. The molecule has 1 unspecified atom stereocenters. The molecule has 0 saturated carbocycles. The highest BCUT2D eigenvalue weighted by Crippen LogP contribution is 2.07. The maximum absolute atomic E-state index is 3.85. The predicted molar refractivity (Wildman–Crippen MR) is 51.1 cm³/mol. The van der Waals surface area contributed by atoms with Crippen LogP contribution in [0.5, 0.6) is 0 Å². The van der Waals surface area contributed by atoms with Gasteiger partial charge in [0.1, 0.15) is 0 Å². The minimum absolute atomic E-state index is 0.473. The second-order valence-corrected chi connectivity index (χ2v) is 2.90. The molecule has 0 fully saturated rings. The minimum Gasteiger partial charge on any atom is -0.380 e. The van der Waals surface area contributed by atoms with Crippen LogP contribution in [0, 0.1) is 0 Å². The van der Waals surface area contributed by atoms with Gasteiger partial charge in [-0.05, 0) is 19.8 Å². The largest absolute Gasteiger partial charge is 0.380 e. The van der Waals surface area contributed by atoms with Crippen LogP contribution in [-0.2, 0) is 0 Å². The van der Waals surface area contributed by atoms with Crippen molar-refractivity contribution in [1.82, 2.24) is 10.2 Å². The van der Waals surface area contributed by atoms with Gasteiger partial charge < -0.3 is 5.32 Å². The maximum Gasteiger partial charge on any atom is 0.0725 e. The zero-order valence-electron chi connectivity index (χ0n) is 7.38. The molecule has 0 aliphatic carbocycles. The highest BCUT2D eigenvalue weighted by molar-refractivity contribution is 5.38. The van der Waals surface area contributed by atoms with Crippen molar-refractivity contribution in [3.63, 3.8) is 0 Å². The molecule has 1 aromatic rings. The molecule has 0 aliphatic rings. The lowest BCUT2D eigenvalue weighted by Gasteiger charge is -2.11. The number of allylic oxidation sites excluding steroid dienone is 1. The number of hydrogen-bond donors (Lipinski definition) is 2. The molecule has 0 bridgehead atoms. The molecule has 1 aromatic heterocycles. The molecule has 1 heterocycles. The first-order valence-electron chi connectivity index (χ1n) is 4.19. The van der Waals surface area contributed by atoms with Gasteiger partial charge in [0.25, 0.3) is 0 Å². The first-order chi connectivity index (χ1) is 5.83. The van der Waals surface area contributed by atoms with E-state index in [-0.39, 0.29) is 0 Å². The summed E-state index contributed by atoms with van der Waals surface area (Å²) >= 11 is 0. The van der Waals surface area contributed by atoms with Gasteiger partial charge in [0, 0.05) is 12.2 Å². The van der Waals surface area contributed by atoms with Crippen LogP contribution in [0.15, 0.2) is 25.0 Å². The first-order valence-corrected chi connectivity index (χ1v) is 4.19. The zero-order chi connectivity index (χ0) is 8.81. The van der Waals surface area contributed by atoms with E-state index in [9.17, 15) is 0 Å². The smallest absolute Gasteiger partial charge is 0.0725 e. The Labute approximate surface area is 72.9 Å². The molecule has 2 N–H and O–H groups in total. The molecule has 0 radical (unpaired) electrons. The van der Waals surface area contributed by atoms with Gasteiger partial charge in [-0.3, -0.25) is 5.10 Å². The van der Waals surface area contributed by atoms with Crippen LogP contribution in [0.25, 0.3) is 0 Å². The number of H-pyrrole nitrogens is 1. The van der Waals surface area contributed by atoms with Gasteiger partial charge in [0.2, 0.25) is 0 Å². The summed E-state index contributed by atoms with van der Waals surface area (Å²) in [6.45, 7) is 5.83. The summed E-state index contributed by atoms with van der Waals surface area (Å²) in [5.41, 5.74) is 1.05. The fraction of sp³-hybridized carbons (Fsp3) is 0.444. The summed E-state index contributed by atoms with van der Waals surface area (Å²) in [6.07, 6.45) is 7.73. The van der Waals surface area contributed by atoms with Crippen LogP contribution >= 0.6 is 0 Å². The zero-order valence-corrected chi connectivity index (χ0v) is 7.38. The van der Waals surface area contributed by atoms with Crippen LogP contribution in [-0.4, -0.2) is 16.2 Å². The summed E-state index contributed by atoms with van der Waals surface area (Å²) in [5, 5.41) is 9.92. The summed E-state index contributed by atoms with van der Waals surface area (Å²) in [6, 6.07) is 0.473. The van der Waals surface area contributed by atoms with E-state index >= 15 is 0 Å². The van der Waals surface area contributed by atoms with E-state index in [2.05, 4.69) is 29.0 Å². The summed E-state index contributed by atoms with van der Waals surface area (Å²) in [4.78, 5) is 0. The lowest BCUT2D eigenvalue weighted by atomic mass is 10.2. The Hall–Kier alpha value is -1.25. The highest BCUT2D eigenvalue weighted by atomic mass is 15.1. The second kappa shape index (κ2) is 4.59. The molecule has 3 heteroatoms. The van der Waals surface area contributed by atoms with Gasteiger partial charge in [-0.15, -0.1) is 6.58 Å². The van der Waals surface area contributed by atoms with Crippen molar-refractivity contribution in [2.75, 3.05) is 5.32 Å². The monoisotopic (exact) mass is 165 g/mol. The molecule has 12 heavy (non-hydrogen) atoms. The number of anilines is 1. The number of hydrogen-bond acceptors (Lipinski definition) is 2. The van der Waals surface area contributed by atoms with E-state index in [0.717, 1.165) is 18.5 Å². The average molecular weight is 165 g/mol. The summed E-state index contributed by atoms with van der Waals surface area (Å²) < 4.78 is 0. The van der Waals surface area contributed by atoms with Gasteiger partial charge in [-0.1, -0.05) is 6.08 Å². The standard InChI is InChI=1S/C9H15N3/c1-3-4-5-8(2)12-9-6-10-11-7-9/h3,6-8,12H,1,4-5H2,2H3,(H,10,11). The second-order valence-electron chi connectivity index (χ2n) is 2.90. The Balaban J connectivity index is 2.26. The number of rotatable bonds is 5. The average Bonchev–Trinajstić information content (AvgIpc) is 2.53. The van der Waals surface area contributed by atoms with E-state index in [1.165, 1.54) is 0 Å². The van der Waals surface area contributed by atoms with Crippen molar-refractivity contribution < 1.29 is 0 Å². The Kier molecular flexibility index (Phi) is 3.38. The van der Waals surface area contributed by atoms with Crippen molar-refractivity contribution in [2.45, 2.75) is 25.8 Å². The van der Waals surface area contributed by atoms with Gasteiger partial charge in [0.05, 0.1) is 11.9 Å². The Morgan fingerprint density at radius 3 is 3.25 bits per heavy atom. The molecule has 0 spiro atoms. The molecule has 0 aromatic carbocycles. The van der Waals surface area contributed by atoms with E-state index in [4.69, 9.17) is 0 Å². The third-order valence-electron chi connectivity index (χ3n) is 1.72. The van der Waals surface area contributed by atoms with E-state index in [1.807, 2.05) is 12.3 Å². The van der Waals surface area contributed by atoms with E-state index < -0.39 is 0 Å². The van der Waals surface area contributed by atoms with Crippen molar-refractivity contribution in [2.24, 2.45) is 0 Å². The molecule has 66 valence electrons. The molecule has 3 nitrogen and oxygen atoms in total. The predicted octanol–water partition coefficient (Wildman–Crippen LogP) is 2.18. The van der Waals surface area contributed by atoms with Gasteiger partial charge in [-0.25, -0.2) is 0 Å². The third kappa shape index (κ3) is 2.78. The van der Waals surface area contributed by atoms with Crippen molar-refractivity contribution >= 4 is 5.69 Å². The first kappa shape index (κ1) is 8.84. The topological polar surface area (TPSA) is 40.7 Å². The number of aromatic nitrogens is 2. The van der Waals surface area contributed by atoms with Gasteiger partial charge in [0.15, 0.2) is 0 Å². The van der Waals surface area contributed by atoms with Crippen LogP contribution in [0.2, 0.25) is 0 Å². The molecular formula is C9H15N3. The Morgan fingerprint density at radius 2 is 2.67 bits per heavy atom. The number of aromatic amines is 1. The van der Waals surface area contributed by atoms with Crippen molar-refractivity contribution in [1.29, 1.82) is 0 Å². The third-order valence-corrected chi connectivity index (χ3v) is 1.72.